The van der Waals surface area contributed by atoms with Gasteiger partial charge in [-0.1, -0.05) is 6.42 Å². The second kappa shape index (κ2) is 7.11. The van der Waals surface area contributed by atoms with E-state index in [9.17, 15) is 22.8 Å². The Bertz CT molecular complexity index is 841. The van der Waals surface area contributed by atoms with Crippen LogP contribution in [-0.4, -0.2) is 11.8 Å². The summed E-state index contributed by atoms with van der Waals surface area (Å²) in [6.07, 6.45) is 0.150. The molecule has 0 atom stereocenters. The fourth-order valence-electron chi connectivity index (χ4n) is 3.08. The molecule has 0 unspecified atom stereocenters. The fraction of sp³-hybridized carbons (Fsp3) is 0.333. The van der Waals surface area contributed by atoms with Crippen molar-refractivity contribution in [2.75, 3.05) is 5.32 Å². The standard InChI is InChI=1S/C18H17F3N2O2S/c19-18(20,21)11-8-6-10(7-9-11)16(25)23-17-14(15(22)24)12-4-2-1-3-5-13(12)26-17/h6-9H,1-5H2,(H2,22,24)(H,23,25). The third-order valence-electron chi connectivity index (χ3n) is 4.37. The molecule has 0 bridgehead atoms. The maximum atomic E-state index is 12.6. The van der Waals surface area contributed by atoms with Gasteiger partial charge in [0.15, 0.2) is 0 Å². The molecule has 1 aromatic heterocycles. The molecule has 26 heavy (non-hydrogen) atoms. The summed E-state index contributed by atoms with van der Waals surface area (Å²) in [5.74, 6) is -1.18. The van der Waals surface area contributed by atoms with Crippen molar-refractivity contribution in [3.05, 3.63) is 51.4 Å². The topological polar surface area (TPSA) is 72.2 Å². The van der Waals surface area contributed by atoms with Gasteiger partial charge in [-0.25, -0.2) is 0 Å². The Morgan fingerprint density at radius 1 is 1.04 bits per heavy atom. The molecule has 4 nitrogen and oxygen atoms in total. The minimum Gasteiger partial charge on any atom is -0.365 e. The molecule has 0 saturated carbocycles. The molecule has 0 aliphatic heterocycles. The molecule has 1 aliphatic carbocycles. The number of aryl methyl sites for hydroxylation is 1. The molecule has 138 valence electrons. The number of carbonyl (C=O) groups excluding carboxylic acids is 2. The third-order valence-corrected chi connectivity index (χ3v) is 5.58. The normalized spacial score (nSPS) is 14.4. The van der Waals surface area contributed by atoms with Gasteiger partial charge in [-0.15, -0.1) is 11.3 Å². The molecular weight excluding hydrogens is 365 g/mol. The highest BCUT2D eigenvalue weighted by Crippen LogP contribution is 2.37. The van der Waals surface area contributed by atoms with Crippen LogP contribution >= 0.6 is 11.3 Å². The van der Waals surface area contributed by atoms with Crippen LogP contribution in [0.4, 0.5) is 18.2 Å². The van der Waals surface area contributed by atoms with Gasteiger partial charge < -0.3 is 11.1 Å². The number of rotatable bonds is 3. The number of benzene rings is 1. The van der Waals surface area contributed by atoms with Crippen LogP contribution in [0.1, 0.15) is 56.0 Å². The van der Waals surface area contributed by atoms with Gasteiger partial charge in [-0.2, -0.15) is 13.2 Å². The van der Waals surface area contributed by atoms with Crippen molar-refractivity contribution in [3.63, 3.8) is 0 Å². The molecule has 0 radical (unpaired) electrons. The number of thiophene rings is 1. The number of nitrogens with two attached hydrogens (primary N) is 1. The van der Waals surface area contributed by atoms with E-state index in [4.69, 9.17) is 5.73 Å². The predicted octanol–water partition coefficient (Wildman–Crippen LogP) is 4.39. The SMILES string of the molecule is NC(=O)c1c(NC(=O)c2ccc(C(F)(F)F)cc2)sc2c1CCCCC2. The molecule has 0 spiro atoms. The van der Waals surface area contributed by atoms with E-state index in [1.54, 1.807) is 0 Å². The molecule has 0 saturated heterocycles. The molecule has 1 aromatic carbocycles. The maximum Gasteiger partial charge on any atom is 0.416 e. The second-order valence-corrected chi connectivity index (χ2v) is 7.27. The van der Waals surface area contributed by atoms with E-state index in [1.807, 2.05) is 0 Å². The number of carbonyl (C=O) groups is 2. The van der Waals surface area contributed by atoms with E-state index < -0.39 is 23.6 Å². The summed E-state index contributed by atoms with van der Waals surface area (Å²) in [6, 6.07) is 3.93. The molecule has 3 N–H and O–H groups in total. The van der Waals surface area contributed by atoms with Crippen molar-refractivity contribution in [1.29, 1.82) is 0 Å². The summed E-state index contributed by atoms with van der Waals surface area (Å²) in [4.78, 5) is 25.3. The Balaban J connectivity index is 1.86. The average Bonchev–Trinajstić information content (AvgIpc) is 2.75. The third kappa shape index (κ3) is 3.75. The quantitative estimate of drug-likeness (QED) is 0.773. The number of anilines is 1. The zero-order valence-corrected chi connectivity index (χ0v) is 14.6. The van der Waals surface area contributed by atoms with Gasteiger partial charge in [0.05, 0.1) is 11.1 Å². The van der Waals surface area contributed by atoms with Crippen molar-refractivity contribution in [1.82, 2.24) is 0 Å². The number of fused-ring (bicyclic) bond motifs is 1. The van der Waals surface area contributed by atoms with E-state index in [2.05, 4.69) is 5.32 Å². The van der Waals surface area contributed by atoms with Crippen molar-refractivity contribution >= 4 is 28.2 Å². The average molecular weight is 382 g/mol. The van der Waals surface area contributed by atoms with Crippen LogP contribution in [0.25, 0.3) is 0 Å². The molecular formula is C18H17F3N2O2S. The Kier molecular flexibility index (Phi) is 5.04. The van der Waals surface area contributed by atoms with Crippen LogP contribution in [0.2, 0.25) is 0 Å². The Labute approximate surface area is 152 Å². The minimum atomic E-state index is -4.46. The van der Waals surface area contributed by atoms with E-state index in [1.165, 1.54) is 11.3 Å². The minimum absolute atomic E-state index is 0.0806. The number of hydrogen-bond acceptors (Lipinski definition) is 3. The maximum absolute atomic E-state index is 12.6. The first-order valence-corrected chi connectivity index (χ1v) is 9.02. The van der Waals surface area contributed by atoms with E-state index in [-0.39, 0.29) is 5.56 Å². The number of primary amides is 1. The Morgan fingerprint density at radius 2 is 1.69 bits per heavy atom. The summed E-state index contributed by atoms with van der Waals surface area (Å²) in [7, 11) is 0. The van der Waals surface area contributed by atoms with Crippen molar-refractivity contribution in [3.8, 4) is 0 Å². The highest BCUT2D eigenvalue weighted by Gasteiger charge is 2.30. The number of alkyl halides is 3. The summed E-state index contributed by atoms with van der Waals surface area (Å²) >= 11 is 1.32. The van der Waals surface area contributed by atoms with Crippen LogP contribution < -0.4 is 11.1 Å². The Hall–Kier alpha value is -2.35. The first-order valence-electron chi connectivity index (χ1n) is 8.20. The molecule has 0 fully saturated rings. The predicted molar refractivity (Wildman–Crippen MR) is 93.5 cm³/mol. The lowest BCUT2D eigenvalue weighted by Gasteiger charge is -2.09. The summed E-state index contributed by atoms with van der Waals surface area (Å²) in [6.45, 7) is 0. The first kappa shape index (κ1) is 18.4. The highest BCUT2D eigenvalue weighted by molar-refractivity contribution is 7.17. The van der Waals surface area contributed by atoms with E-state index >= 15 is 0 Å². The molecule has 2 aromatic rings. The largest absolute Gasteiger partial charge is 0.416 e. The van der Waals surface area contributed by atoms with Crippen molar-refractivity contribution in [2.24, 2.45) is 5.73 Å². The van der Waals surface area contributed by atoms with Crippen molar-refractivity contribution in [2.45, 2.75) is 38.3 Å². The van der Waals surface area contributed by atoms with Crippen LogP contribution in [0, 0.1) is 0 Å². The summed E-state index contributed by atoms with van der Waals surface area (Å²) in [5.41, 5.74) is 5.98. The second-order valence-electron chi connectivity index (χ2n) is 6.16. The lowest BCUT2D eigenvalue weighted by molar-refractivity contribution is -0.137. The molecule has 1 heterocycles. The van der Waals surface area contributed by atoms with Gasteiger partial charge in [0.25, 0.3) is 11.8 Å². The zero-order valence-electron chi connectivity index (χ0n) is 13.8. The first-order chi connectivity index (χ1) is 12.3. The van der Waals surface area contributed by atoms with Crippen LogP contribution in [-0.2, 0) is 19.0 Å². The molecule has 1 aliphatic rings. The smallest absolute Gasteiger partial charge is 0.365 e. The summed E-state index contributed by atoms with van der Waals surface area (Å²) < 4.78 is 37.9. The van der Waals surface area contributed by atoms with Gasteiger partial charge >= 0.3 is 6.18 Å². The van der Waals surface area contributed by atoms with E-state index in [0.717, 1.165) is 66.8 Å². The lowest BCUT2D eigenvalue weighted by atomic mass is 10.0. The van der Waals surface area contributed by atoms with Gasteiger partial charge in [0.2, 0.25) is 0 Å². The fourth-order valence-corrected chi connectivity index (χ4v) is 4.37. The number of hydrogen-bond donors (Lipinski definition) is 2. The monoisotopic (exact) mass is 382 g/mol. The van der Waals surface area contributed by atoms with Gasteiger partial charge in [0, 0.05) is 10.4 Å². The van der Waals surface area contributed by atoms with Crippen LogP contribution in [0.15, 0.2) is 24.3 Å². The number of amides is 2. The lowest BCUT2D eigenvalue weighted by Crippen LogP contribution is -2.18. The van der Waals surface area contributed by atoms with Gasteiger partial charge in [-0.3, -0.25) is 9.59 Å². The number of nitrogens with one attached hydrogen (secondary N) is 1. The van der Waals surface area contributed by atoms with Crippen molar-refractivity contribution < 1.29 is 22.8 Å². The molecule has 8 heteroatoms. The highest BCUT2D eigenvalue weighted by atomic mass is 32.1. The molecule has 2 amide bonds. The van der Waals surface area contributed by atoms with Crippen LogP contribution in [0.3, 0.4) is 0 Å². The molecule has 3 rings (SSSR count). The van der Waals surface area contributed by atoms with Crippen LogP contribution in [0.5, 0.6) is 0 Å². The number of halogens is 3. The Morgan fingerprint density at radius 3 is 2.31 bits per heavy atom. The van der Waals surface area contributed by atoms with E-state index in [0.29, 0.717) is 10.6 Å². The van der Waals surface area contributed by atoms with Gasteiger partial charge in [-0.05, 0) is 55.5 Å². The van der Waals surface area contributed by atoms with Gasteiger partial charge in [0.1, 0.15) is 5.00 Å². The zero-order chi connectivity index (χ0) is 18.9. The summed E-state index contributed by atoms with van der Waals surface area (Å²) in [5, 5.41) is 3.01.